The lowest BCUT2D eigenvalue weighted by Crippen LogP contribution is -2.58. The van der Waals surface area contributed by atoms with E-state index in [1.165, 1.54) is 9.21 Å². The number of alkyl halides is 2. The van der Waals surface area contributed by atoms with Crippen LogP contribution in [0.25, 0.3) is 0 Å². The molecule has 2 amide bonds. The average molecular weight is 264 g/mol. The second kappa shape index (κ2) is 3.71. The standard InChI is InChI=1S/C10H14F2N2O2S/c11-10(12,6-4-16-5-6)8-2-1-7-3-13(8)9(15)14(7)17/h6-8,17H,1-5H2/t7-,8+/m1/s1. The zero-order valence-corrected chi connectivity index (χ0v) is 10.1. The third-order valence-electron chi connectivity index (χ3n) is 3.97. The van der Waals surface area contributed by atoms with Gasteiger partial charge in [-0.25, -0.2) is 13.6 Å². The molecule has 0 N–H and O–H groups in total. The van der Waals surface area contributed by atoms with Crippen molar-refractivity contribution in [2.75, 3.05) is 19.8 Å². The molecule has 2 atom stereocenters. The van der Waals surface area contributed by atoms with Crippen LogP contribution in [0.15, 0.2) is 0 Å². The number of carbonyl (C=O) groups is 1. The highest BCUT2D eigenvalue weighted by Gasteiger charge is 2.57. The van der Waals surface area contributed by atoms with Crippen molar-refractivity contribution in [3.05, 3.63) is 0 Å². The van der Waals surface area contributed by atoms with Crippen molar-refractivity contribution in [2.24, 2.45) is 5.92 Å². The molecule has 7 heteroatoms. The van der Waals surface area contributed by atoms with Gasteiger partial charge in [-0.2, -0.15) is 0 Å². The van der Waals surface area contributed by atoms with Crippen molar-refractivity contribution in [3.63, 3.8) is 0 Å². The molecule has 0 aromatic heterocycles. The number of amides is 2. The van der Waals surface area contributed by atoms with Crippen LogP contribution in [0.4, 0.5) is 13.6 Å². The molecule has 0 aromatic carbocycles. The molecule has 3 aliphatic rings. The van der Waals surface area contributed by atoms with E-state index >= 15 is 0 Å². The SMILES string of the molecule is O=C1N(S)[C@@H]2CC[C@@H](C(F)(F)C3COC3)N1C2. The highest BCUT2D eigenvalue weighted by atomic mass is 32.1. The van der Waals surface area contributed by atoms with Gasteiger partial charge in [0.1, 0.15) is 0 Å². The molecule has 2 bridgehead atoms. The van der Waals surface area contributed by atoms with Gasteiger partial charge in [0.05, 0.1) is 31.2 Å². The van der Waals surface area contributed by atoms with Crippen LogP contribution in [0.5, 0.6) is 0 Å². The van der Waals surface area contributed by atoms with Gasteiger partial charge in [-0.15, -0.1) is 0 Å². The quantitative estimate of drug-likeness (QED) is 0.764. The maximum Gasteiger partial charge on any atom is 0.330 e. The molecule has 0 saturated carbocycles. The van der Waals surface area contributed by atoms with Crippen LogP contribution < -0.4 is 0 Å². The molecule has 3 saturated heterocycles. The lowest BCUT2D eigenvalue weighted by molar-refractivity contribution is -0.199. The van der Waals surface area contributed by atoms with Gasteiger partial charge in [0.2, 0.25) is 0 Å². The number of rotatable bonds is 2. The first kappa shape index (κ1) is 11.5. The summed E-state index contributed by atoms with van der Waals surface area (Å²) < 4.78 is 34.5. The van der Waals surface area contributed by atoms with Crippen LogP contribution >= 0.6 is 12.8 Å². The van der Waals surface area contributed by atoms with E-state index in [0.29, 0.717) is 19.4 Å². The van der Waals surface area contributed by atoms with Gasteiger partial charge in [0.25, 0.3) is 5.92 Å². The summed E-state index contributed by atoms with van der Waals surface area (Å²) in [5.74, 6) is -3.59. The van der Waals surface area contributed by atoms with Gasteiger partial charge in [0, 0.05) is 6.54 Å². The molecular formula is C10H14F2N2O2S. The normalized spacial score (nSPS) is 34.2. The van der Waals surface area contributed by atoms with E-state index in [1.807, 2.05) is 0 Å². The molecule has 0 aromatic rings. The summed E-state index contributed by atoms with van der Waals surface area (Å²) in [5.41, 5.74) is 0. The van der Waals surface area contributed by atoms with E-state index in [9.17, 15) is 13.6 Å². The van der Waals surface area contributed by atoms with Crippen molar-refractivity contribution in [1.29, 1.82) is 0 Å². The van der Waals surface area contributed by atoms with Gasteiger partial charge in [-0.3, -0.25) is 4.31 Å². The first-order valence-corrected chi connectivity index (χ1v) is 6.16. The Morgan fingerprint density at radius 3 is 2.65 bits per heavy atom. The average Bonchev–Trinajstić information content (AvgIpc) is 2.41. The van der Waals surface area contributed by atoms with E-state index in [-0.39, 0.29) is 25.3 Å². The van der Waals surface area contributed by atoms with E-state index in [0.717, 1.165) is 0 Å². The third-order valence-corrected chi connectivity index (χ3v) is 4.47. The van der Waals surface area contributed by atoms with Crippen molar-refractivity contribution < 1.29 is 18.3 Å². The number of hydrogen-bond acceptors (Lipinski definition) is 3. The van der Waals surface area contributed by atoms with Crippen LogP contribution in [0.1, 0.15) is 12.8 Å². The van der Waals surface area contributed by atoms with Crippen LogP contribution in [-0.2, 0) is 4.74 Å². The summed E-state index contributed by atoms with van der Waals surface area (Å²) in [6.07, 6.45) is 0.941. The van der Waals surface area contributed by atoms with E-state index in [2.05, 4.69) is 12.8 Å². The van der Waals surface area contributed by atoms with Crippen LogP contribution in [0, 0.1) is 5.92 Å². The Balaban J connectivity index is 1.82. The molecule has 0 spiro atoms. The first-order chi connectivity index (χ1) is 8.01. The fourth-order valence-corrected chi connectivity index (χ4v) is 3.08. The third kappa shape index (κ3) is 1.55. The number of nitrogens with zero attached hydrogens (tertiary/aromatic N) is 2. The molecular weight excluding hydrogens is 250 g/mol. The zero-order valence-electron chi connectivity index (χ0n) is 9.18. The highest BCUT2D eigenvalue weighted by molar-refractivity contribution is 7.78. The molecule has 0 radical (unpaired) electrons. The summed E-state index contributed by atoms with van der Waals surface area (Å²) in [7, 11) is 0. The molecule has 3 heterocycles. The molecule has 3 rings (SSSR count). The van der Waals surface area contributed by atoms with Gasteiger partial charge in [-0.05, 0) is 12.8 Å². The summed E-state index contributed by atoms with van der Waals surface area (Å²) in [6, 6.07) is -1.39. The lowest BCUT2D eigenvalue weighted by Gasteiger charge is -2.42. The smallest absolute Gasteiger partial charge is 0.330 e. The second-order valence-electron chi connectivity index (χ2n) is 4.94. The van der Waals surface area contributed by atoms with Crippen molar-refractivity contribution >= 4 is 18.8 Å². The van der Waals surface area contributed by atoms with Crippen LogP contribution in [0.2, 0.25) is 0 Å². The zero-order chi connectivity index (χ0) is 12.2. The lowest BCUT2D eigenvalue weighted by atomic mass is 9.87. The molecule has 3 fully saturated rings. The number of ether oxygens (including phenoxy) is 1. The van der Waals surface area contributed by atoms with E-state index in [1.54, 1.807) is 0 Å². The summed E-state index contributed by atoms with van der Waals surface area (Å²) in [4.78, 5) is 13.1. The topological polar surface area (TPSA) is 32.8 Å². The Kier molecular flexibility index (Phi) is 2.52. The van der Waals surface area contributed by atoms with Crippen molar-refractivity contribution in [3.8, 4) is 0 Å². The fourth-order valence-electron chi connectivity index (χ4n) is 2.78. The number of halogens is 2. The Bertz CT molecular complexity index is 351. The molecule has 0 unspecified atom stereocenters. The Morgan fingerprint density at radius 2 is 2.06 bits per heavy atom. The number of fused-ring (bicyclic) bond motifs is 2. The van der Waals surface area contributed by atoms with Crippen LogP contribution in [0.3, 0.4) is 0 Å². The van der Waals surface area contributed by atoms with Gasteiger partial charge in [-0.1, -0.05) is 12.8 Å². The minimum atomic E-state index is -2.85. The molecule has 4 nitrogen and oxygen atoms in total. The fraction of sp³-hybridized carbons (Fsp3) is 0.900. The van der Waals surface area contributed by atoms with Gasteiger partial charge < -0.3 is 9.64 Å². The van der Waals surface area contributed by atoms with Crippen LogP contribution in [-0.4, -0.2) is 53.0 Å². The second-order valence-corrected chi connectivity index (χ2v) is 5.37. The monoisotopic (exact) mass is 264 g/mol. The molecule has 17 heavy (non-hydrogen) atoms. The first-order valence-electron chi connectivity index (χ1n) is 5.76. The Morgan fingerprint density at radius 1 is 1.35 bits per heavy atom. The maximum absolute atomic E-state index is 14.2. The van der Waals surface area contributed by atoms with Gasteiger partial charge in [0.15, 0.2) is 0 Å². The Labute approximate surface area is 103 Å². The predicted molar refractivity (Wildman–Crippen MR) is 59.0 cm³/mol. The molecule has 96 valence electrons. The summed E-state index contributed by atoms with van der Waals surface area (Å²) in [6.45, 7) is 0.565. The summed E-state index contributed by atoms with van der Waals surface area (Å²) >= 11 is 4.06. The largest absolute Gasteiger partial charge is 0.380 e. The van der Waals surface area contributed by atoms with E-state index in [4.69, 9.17) is 4.74 Å². The van der Waals surface area contributed by atoms with Gasteiger partial charge >= 0.3 is 6.03 Å². The molecule has 0 aliphatic carbocycles. The number of carbonyl (C=O) groups excluding carboxylic acids is 1. The highest BCUT2D eigenvalue weighted by Crippen LogP contribution is 2.43. The molecule has 3 aliphatic heterocycles. The predicted octanol–water partition coefficient (Wildman–Crippen LogP) is 1.38. The number of hydrogen-bond donors (Lipinski definition) is 1. The minimum absolute atomic E-state index is 0.0180. The van der Waals surface area contributed by atoms with Crippen molar-refractivity contribution in [1.82, 2.24) is 9.21 Å². The maximum atomic E-state index is 14.2. The number of urea groups is 1. The number of piperidine rings is 1. The minimum Gasteiger partial charge on any atom is -0.380 e. The van der Waals surface area contributed by atoms with Crippen molar-refractivity contribution in [2.45, 2.75) is 30.8 Å². The number of thiol groups is 1. The van der Waals surface area contributed by atoms with E-state index < -0.39 is 17.9 Å². The summed E-state index contributed by atoms with van der Waals surface area (Å²) in [5, 5.41) is 0. The Hall–Kier alpha value is -0.560.